The van der Waals surface area contributed by atoms with Gasteiger partial charge in [0.25, 0.3) is 0 Å². The molecule has 2 unspecified atom stereocenters. The standard InChI is InChI=1S/BrO3P.H2NO3P/c2*1-4-5(2)3/h;1H2/p+2. The number of hydrogen-bond donors (Lipinski definition) is 3. The molecule has 0 spiro atoms. The van der Waals surface area contributed by atoms with E-state index in [0.717, 1.165) is 0 Å². The fourth-order valence-electron chi connectivity index (χ4n) is 0. The third kappa shape index (κ3) is 23.6. The maximum absolute atomic E-state index is 9.25. The van der Waals surface area contributed by atoms with E-state index in [1.807, 2.05) is 0 Å². The zero-order valence-corrected chi connectivity index (χ0v) is 7.75. The van der Waals surface area contributed by atoms with E-state index in [9.17, 15) is 4.57 Å². The van der Waals surface area contributed by atoms with Crippen LogP contribution in [0.15, 0.2) is 0 Å². The fourth-order valence-corrected chi connectivity index (χ4v) is 0. The van der Waals surface area contributed by atoms with Gasteiger partial charge in [-0.15, -0.1) is 9.79 Å². The molecule has 0 aromatic carbocycles. The van der Waals surface area contributed by atoms with Gasteiger partial charge in [-0.1, -0.05) is 0 Å². The molecule has 0 aliphatic heterocycles. The molecule has 0 saturated carbocycles. The van der Waals surface area contributed by atoms with Gasteiger partial charge in [0.15, 0.2) is 16.3 Å². The molecule has 0 radical (unpaired) electrons. The molecule has 0 fully saturated rings. The minimum atomic E-state index is -2.57. The molecule has 0 aromatic rings. The molecule has 0 saturated heterocycles. The third-order valence-corrected chi connectivity index (χ3v) is 1.19. The van der Waals surface area contributed by atoms with Crippen LogP contribution in [0.2, 0.25) is 0 Å². The maximum atomic E-state index is 9.25. The second kappa shape index (κ2) is 9.48. The van der Waals surface area contributed by atoms with Crippen molar-refractivity contribution in [1.29, 1.82) is 0 Å². The van der Waals surface area contributed by atoms with Crippen molar-refractivity contribution in [3.05, 3.63) is 0 Å². The first-order valence-corrected chi connectivity index (χ1v) is 4.43. The highest BCUT2D eigenvalue weighted by atomic mass is 79.9. The summed E-state index contributed by atoms with van der Waals surface area (Å²) in [5, 5.41) is 0. The molecule has 0 rings (SSSR count). The van der Waals surface area contributed by atoms with Crippen LogP contribution >= 0.6 is 32.8 Å². The van der Waals surface area contributed by atoms with E-state index in [1.165, 1.54) is 0 Å². The predicted molar refractivity (Wildman–Crippen MR) is 34.9 cm³/mol. The molecule has 0 amide bonds. The molecule has 0 aliphatic carbocycles. The van der Waals surface area contributed by atoms with Gasteiger partial charge in [-0.2, -0.15) is 5.90 Å². The third-order valence-electron chi connectivity index (χ3n) is 0.149. The van der Waals surface area contributed by atoms with E-state index in [4.69, 9.17) is 14.4 Å². The molecule has 4 N–H and O–H groups in total. The van der Waals surface area contributed by atoms with Crippen LogP contribution < -0.4 is 5.90 Å². The number of rotatable bonds is 2. The van der Waals surface area contributed by atoms with Crippen LogP contribution in [0, 0.1) is 0 Å². The normalized spacial score (nSPS) is 11.2. The fraction of sp³-hybridized carbons (Fsp3) is 0. The average molecular weight is 256 g/mol. The summed E-state index contributed by atoms with van der Waals surface area (Å²) in [6.45, 7) is 0. The lowest BCUT2D eigenvalue weighted by Gasteiger charge is -1.55. The van der Waals surface area contributed by atoms with Gasteiger partial charge in [-0.05, 0) is 8.24 Å². The zero-order valence-electron chi connectivity index (χ0n) is 4.38. The Kier molecular flexibility index (Phi) is 12.4. The monoisotopic (exact) mass is 255 g/mol. The minimum Gasteiger partial charge on any atom is -0.162 e. The van der Waals surface area contributed by atoms with E-state index in [2.05, 4.69) is 30.4 Å². The van der Waals surface area contributed by atoms with Crippen molar-refractivity contribution in [2.45, 2.75) is 0 Å². The van der Waals surface area contributed by atoms with Crippen LogP contribution in [0.25, 0.3) is 0 Å². The Labute approximate surface area is 66.4 Å². The van der Waals surface area contributed by atoms with Gasteiger partial charge in [0.1, 0.15) is 0 Å². The molecular weight excluding hydrogens is 252 g/mol. The minimum absolute atomic E-state index is 2.28. The Hall–Kier alpha value is 0.480. The molecule has 10 heavy (non-hydrogen) atoms. The van der Waals surface area contributed by atoms with Crippen molar-refractivity contribution in [3.8, 4) is 0 Å². The Bertz CT molecular complexity index is 100. The van der Waals surface area contributed by atoms with Gasteiger partial charge in [-0.3, -0.25) is 0 Å². The molecule has 0 bridgehead atoms. The lowest BCUT2D eigenvalue weighted by Crippen LogP contribution is -1.84. The first kappa shape index (κ1) is 13.1. The van der Waals surface area contributed by atoms with Crippen molar-refractivity contribution in [2.24, 2.45) is 5.90 Å². The van der Waals surface area contributed by atoms with Gasteiger partial charge in [0, 0.05) is 9.13 Å². The highest BCUT2D eigenvalue weighted by Crippen LogP contribution is 2.17. The van der Waals surface area contributed by atoms with Gasteiger partial charge in [-0.25, -0.2) is 0 Å². The zero-order chi connectivity index (χ0) is 8.57. The number of nitrogens with two attached hydrogens (primary N) is 1. The summed E-state index contributed by atoms with van der Waals surface area (Å²) >= 11 is 2.28. The highest BCUT2D eigenvalue weighted by molar-refractivity contribution is 9.06. The van der Waals surface area contributed by atoms with Crippen molar-refractivity contribution >= 4 is 32.8 Å². The van der Waals surface area contributed by atoms with Crippen molar-refractivity contribution in [3.63, 3.8) is 0 Å². The van der Waals surface area contributed by atoms with Crippen LogP contribution in [0.1, 0.15) is 0 Å². The van der Waals surface area contributed by atoms with Crippen LogP contribution in [-0.2, 0) is 17.4 Å². The summed E-state index contributed by atoms with van der Waals surface area (Å²) in [7, 11) is -5.00. The highest BCUT2D eigenvalue weighted by Gasteiger charge is 2.05. The predicted octanol–water partition coefficient (Wildman–Crippen LogP) is 0.489. The largest absolute Gasteiger partial charge is 0.713 e. The first-order valence-electron chi connectivity index (χ1n) is 1.52. The van der Waals surface area contributed by atoms with Gasteiger partial charge in [0.05, 0.1) is 0 Å². The summed E-state index contributed by atoms with van der Waals surface area (Å²) < 4.78 is 25.4. The summed E-state index contributed by atoms with van der Waals surface area (Å²) in [5.74, 6) is 4.14. The molecule has 2 atom stereocenters. The van der Waals surface area contributed by atoms with Crippen LogP contribution in [-0.4, -0.2) is 9.79 Å². The van der Waals surface area contributed by atoms with E-state index in [1.54, 1.807) is 0 Å². The van der Waals surface area contributed by atoms with Crippen molar-refractivity contribution in [2.75, 3.05) is 0 Å². The topological polar surface area (TPSA) is 119 Å². The lowest BCUT2D eigenvalue weighted by molar-refractivity contribution is 0.292. The van der Waals surface area contributed by atoms with Crippen molar-refractivity contribution < 1.29 is 27.2 Å². The summed E-state index contributed by atoms with van der Waals surface area (Å²) in [5.41, 5.74) is 0. The number of halogens is 1. The van der Waals surface area contributed by atoms with Crippen LogP contribution in [0.5, 0.6) is 0 Å². The van der Waals surface area contributed by atoms with Crippen LogP contribution in [0.4, 0.5) is 0 Å². The van der Waals surface area contributed by atoms with Gasteiger partial charge >= 0.3 is 16.5 Å². The van der Waals surface area contributed by atoms with E-state index in [0.29, 0.717) is 0 Å². The molecule has 0 aliphatic rings. The Morgan fingerprint density at radius 3 is 1.50 bits per heavy atom. The smallest absolute Gasteiger partial charge is 0.162 e. The van der Waals surface area contributed by atoms with Crippen LogP contribution in [0.3, 0.4) is 0 Å². The molecule has 0 heterocycles. The SMILES string of the molecule is NO[P+](=O)O.O=[P+](O)OBr. The summed E-state index contributed by atoms with van der Waals surface area (Å²) in [4.78, 5) is 15.1. The summed E-state index contributed by atoms with van der Waals surface area (Å²) in [6.07, 6.45) is 0. The maximum Gasteiger partial charge on any atom is 0.713 e. The molecule has 10 heteroatoms. The second-order valence-electron chi connectivity index (χ2n) is 0.650. The lowest BCUT2D eigenvalue weighted by atomic mass is 13.6. The molecule has 7 nitrogen and oxygen atoms in total. The Morgan fingerprint density at radius 2 is 1.50 bits per heavy atom. The van der Waals surface area contributed by atoms with Gasteiger partial charge in [0.2, 0.25) is 0 Å². The molecule has 60 valence electrons. The molecule has 0 aromatic heterocycles. The Balaban J connectivity index is 0. The quantitative estimate of drug-likeness (QED) is 0.485. The number of hydrogen-bond acceptors (Lipinski definition) is 5. The van der Waals surface area contributed by atoms with E-state index >= 15 is 0 Å². The van der Waals surface area contributed by atoms with E-state index < -0.39 is 16.5 Å². The molecular formula is H4BrNO6P2+2. The summed E-state index contributed by atoms with van der Waals surface area (Å²) in [6, 6.07) is 0. The van der Waals surface area contributed by atoms with E-state index in [-0.39, 0.29) is 0 Å². The van der Waals surface area contributed by atoms with Crippen molar-refractivity contribution in [1.82, 2.24) is 0 Å². The first-order chi connectivity index (χ1) is 4.54. The Morgan fingerprint density at radius 1 is 1.30 bits per heavy atom. The average Bonchev–Trinajstić information content (AvgIpc) is 1.89. The van der Waals surface area contributed by atoms with Gasteiger partial charge < -0.3 is 0 Å². The second-order valence-corrected chi connectivity index (χ2v) is 2.82.